The second kappa shape index (κ2) is 8.11. The van der Waals surface area contributed by atoms with Gasteiger partial charge in [0.05, 0.1) is 12.5 Å². The number of likely N-dealkylation sites (N-methyl/N-ethyl adjacent to an activating group) is 1. The molecule has 2 aromatic carbocycles. The Kier molecular flexibility index (Phi) is 5.33. The van der Waals surface area contributed by atoms with Crippen LogP contribution in [0.1, 0.15) is 36.2 Å². The first-order valence-corrected chi connectivity index (χ1v) is 11.4. The van der Waals surface area contributed by atoms with Gasteiger partial charge in [-0.25, -0.2) is 4.68 Å². The van der Waals surface area contributed by atoms with Crippen molar-refractivity contribution in [1.82, 2.24) is 20.3 Å². The lowest BCUT2D eigenvalue weighted by Crippen LogP contribution is -2.49. The van der Waals surface area contributed by atoms with Crippen LogP contribution in [0.2, 0.25) is 10.0 Å². The van der Waals surface area contributed by atoms with Crippen LogP contribution < -0.4 is 15.5 Å². The van der Waals surface area contributed by atoms with E-state index in [1.807, 2.05) is 19.1 Å². The molecule has 2 aliphatic rings. The lowest BCUT2D eigenvalue weighted by atomic mass is 9.73. The molecule has 0 unspecified atom stereocenters. The predicted octanol–water partition coefficient (Wildman–Crippen LogP) is 2.92. The minimum Gasteiger partial charge on any atom is -0.358 e. The van der Waals surface area contributed by atoms with Gasteiger partial charge < -0.3 is 15.5 Å². The second-order valence-corrected chi connectivity index (χ2v) is 9.19. The number of benzene rings is 2. The van der Waals surface area contributed by atoms with E-state index in [0.717, 1.165) is 5.56 Å². The van der Waals surface area contributed by atoms with E-state index < -0.39 is 11.3 Å². The monoisotopic (exact) mass is 498 g/mol. The van der Waals surface area contributed by atoms with Crippen molar-refractivity contribution in [2.24, 2.45) is 0 Å². The number of rotatable bonds is 4. The summed E-state index contributed by atoms with van der Waals surface area (Å²) in [5.41, 5.74) is 0.813. The van der Waals surface area contributed by atoms with Gasteiger partial charge in [0.1, 0.15) is 17.7 Å². The van der Waals surface area contributed by atoms with E-state index in [0.29, 0.717) is 32.8 Å². The number of carbonyl (C=O) groups is 3. The number of nitrogens with zero attached hydrogens (tertiary/aromatic N) is 4. The van der Waals surface area contributed by atoms with Crippen LogP contribution in [0.3, 0.4) is 0 Å². The SMILES string of the molecule is CNC(=O)CN1C(=O)[C@]2(CC(=O)Nc3c2nnn3[C@@H](C)c2ccc(Cl)cc2)c2cc(Cl)ccc21. The summed E-state index contributed by atoms with van der Waals surface area (Å²) in [7, 11) is 1.50. The molecule has 0 saturated carbocycles. The quantitative estimate of drug-likeness (QED) is 0.574. The van der Waals surface area contributed by atoms with Gasteiger partial charge in [0.25, 0.3) is 0 Å². The zero-order chi connectivity index (χ0) is 24.2. The van der Waals surface area contributed by atoms with Crippen molar-refractivity contribution in [2.75, 3.05) is 23.8 Å². The van der Waals surface area contributed by atoms with Gasteiger partial charge in [-0.3, -0.25) is 14.4 Å². The van der Waals surface area contributed by atoms with Crippen molar-refractivity contribution in [3.63, 3.8) is 0 Å². The van der Waals surface area contributed by atoms with Crippen molar-refractivity contribution in [1.29, 1.82) is 0 Å². The molecule has 34 heavy (non-hydrogen) atoms. The highest BCUT2D eigenvalue weighted by atomic mass is 35.5. The van der Waals surface area contributed by atoms with Crippen LogP contribution >= 0.6 is 23.2 Å². The number of fused-ring (bicyclic) bond motifs is 4. The first kappa shape index (κ1) is 22.4. The summed E-state index contributed by atoms with van der Waals surface area (Å²) in [6.45, 7) is 1.71. The lowest BCUT2D eigenvalue weighted by Gasteiger charge is -2.31. The molecule has 0 aliphatic carbocycles. The molecule has 2 N–H and O–H groups in total. The molecule has 9 nitrogen and oxygen atoms in total. The van der Waals surface area contributed by atoms with E-state index in [1.54, 1.807) is 35.0 Å². The van der Waals surface area contributed by atoms with Crippen molar-refractivity contribution in [3.05, 3.63) is 69.3 Å². The third-order valence-electron chi connectivity index (χ3n) is 6.40. The fourth-order valence-electron chi connectivity index (χ4n) is 4.67. The standard InChI is InChI=1S/C23H20Cl2N6O3/c1-12(13-3-5-14(24)6-4-13)31-21-20(28-29-31)23(10-18(32)27-21)16-9-15(25)7-8-17(16)30(22(23)34)11-19(33)26-2/h3-9,12H,10-11H2,1-2H3,(H,26,33)(H,27,32)/t12-,23+/m0/s1. The maximum Gasteiger partial charge on any atom is 0.245 e. The summed E-state index contributed by atoms with van der Waals surface area (Å²) in [4.78, 5) is 40.5. The maximum atomic E-state index is 13.9. The molecule has 0 fully saturated rings. The van der Waals surface area contributed by atoms with Crippen molar-refractivity contribution in [2.45, 2.75) is 24.8 Å². The number of nitrogens with one attached hydrogen (secondary N) is 2. The van der Waals surface area contributed by atoms with Crippen LogP contribution in [0.15, 0.2) is 42.5 Å². The van der Waals surface area contributed by atoms with Gasteiger partial charge in [0.2, 0.25) is 17.7 Å². The molecule has 11 heteroatoms. The van der Waals surface area contributed by atoms with Crippen LogP contribution in [-0.2, 0) is 19.8 Å². The third-order valence-corrected chi connectivity index (χ3v) is 6.89. The largest absolute Gasteiger partial charge is 0.358 e. The number of carbonyl (C=O) groups excluding carboxylic acids is 3. The normalized spacial score (nSPS) is 19.6. The zero-order valence-electron chi connectivity index (χ0n) is 18.3. The summed E-state index contributed by atoms with van der Waals surface area (Å²) in [5.74, 6) is -0.789. The lowest BCUT2D eigenvalue weighted by molar-refractivity contribution is -0.128. The Hall–Kier alpha value is -3.43. The maximum absolute atomic E-state index is 13.9. The van der Waals surface area contributed by atoms with E-state index in [1.165, 1.54) is 11.9 Å². The number of hydrogen-bond donors (Lipinski definition) is 2. The molecule has 3 amide bonds. The molecule has 3 heterocycles. The molecule has 3 aromatic rings. The average molecular weight is 499 g/mol. The Morgan fingerprint density at radius 3 is 2.59 bits per heavy atom. The number of amides is 3. The molecular weight excluding hydrogens is 479 g/mol. The van der Waals surface area contributed by atoms with Gasteiger partial charge >= 0.3 is 0 Å². The van der Waals surface area contributed by atoms with Crippen LogP contribution in [0.5, 0.6) is 0 Å². The summed E-state index contributed by atoms with van der Waals surface area (Å²) in [6, 6.07) is 11.9. The molecule has 0 radical (unpaired) electrons. The van der Waals surface area contributed by atoms with Crippen molar-refractivity contribution in [3.8, 4) is 0 Å². The highest BCUT2D eigenvalue weighted by Crippen LogP contribution is 2.52. The summed E-state index contributed by atoms with van der Waals surface area (Å²) in [5, 5.41) is 15.1. The molecule has 1 aromatic heterocycles. The smallest absolute Gasteiger partial charge is 0.245 e. The molecule has 2 aliphatic heterocycles. The van der Waals surface area contributed by atoms with Gasteiger partial charge in [0, 0.05) is 22.8 Å². The van der Waals surface area contributed by atoms with E-state index in [2.05, 4.69) is 20.9 Å². The second-order valence-electron chi connectivity index (χ2n) is 8.31. The fraction of sp³-hybridized carbons (Fsp3) is 0.261. The summed E-state index contributed by atoms with van der Waals surface area (Å²) in [6.07, 6.45) is -0.176. The topological polar surface area (TPSA) is 109 Å². The van der Waals surface area contributed by atoms with Crippen LogP contribution in [0.4, 0.5) is 11.5 Å². The number of aromatic nitrogens is 3. The highest BCUT2D eigenvalue weighted by Gasteiger charge is 2.58. The van der Waals surface area contributed by atoms with Crippen LogP contribution in [-0.4, -0.2) is 46.3 Å². The Morgan fingerprint density at radius 1 is 1.18 bits per heavy atom. The Bertz CT molecular complexity index is 1340. The van der Waals surface area contributed by atoms with E-state index >= 15 is 0 Å². The Balaban J connectivity index is 1.68. The van der Waals surface area contributed by atoms with Crippen LogP contribution in [0, 0.1) is 0 Å². The number of anilines is 2. The van der Waals surface area contributed by atoms with Crippen molar-refractivity contribution >= 4 is 52.4 Å². The van der Waals surface area contributed by atoms with Gasteiger partial charge in [0.15, 0.2) is 5.82 Å². The number of hydrogen-bond acceptors (Lipinski definition) is 5. The third kappa shape index (κ3) is 3.26. The Labute approximate surface area is 205 Å². The molecule has 2 atom stereocenters. The molecule has 5 rings (SSSR count). The van der Waals surface area contributed by atoms with Gasteiger partial charge in [-0.05, 0) is 48.4 Å². The molecule has 174 valence electrons. The van der Waals surface area contributed by atoms with Crippen LogP contribution in [0.25, 0.3) is 0 Å². The van der Waals surface area contributed by atoms with Gasteiger partial charge in [-0.15, -0.1) is 5.10 Å². The zero-order valence-corrected chi connectivity index (χ0v) is 19.8. The molecule has 0 saturated heterocycles. The van der Waals surface area contributed by atoms with E-state index in [-0.39, 0.29) is 30.8 Å². The minimum atomic E-state index is -1.44. The summed E-state index contributed by atoms with van der Waals surface area (Å²) >= 11 is 12.3. The van der Waals surface area contributed by atoms with Gasteiger partial charge in [-0.1, -0.05) is 40.5 Å². The number of halogens is 2. The average Bonchev–Trinajstić information content (AvgIpc) is 3.33. The Morgan fingerprint density at radius 2 is 1.88 bits per heavy atom. The van der Waals surface area contributed by atoms with Crippen molar-refractivity contribution < 1.29 is 14.4 Å². The van der Waals surface area contributed by atoms with E-state index in [9.17, 15) is 14.4 Å². The molecule has 1 spiro atoms. The first-order chi connectivity index (χ1) is 16.3. The van der Waals surface area contributed by atoms with E-state index in [4.69, 9.17) is 23.2 Å². The predicted molar refractivity (Wildman–Crippen MR) is 127 cm³/mol. The van der Waals surface area contributed by atoms with Gasteiger partial charge in [-0.2, -0.15) is 0 Å². The summed E-state index contributed by atoms with van der Waals surface area (Å²) < 4.78 is 1.58. The minimum absolute atomic E-state index is 0.176. The fourth-order valence-corrected chi connectivity index (χ4v) is 4.97. The molecule has 0 bridgehead atoms. The first-order valence-electron chi connectivity index (χ1n) is 10.6. The highest BCUT2D eigenvalue weighted by molar-refractivity contribution is 6.31. The molecular formula is C23H20Cl2N6O3.